The van der Waals surface area contributed by atoms with E-state index in [2.05, 4.69) is 16.5 Å². The second-order valence-corrected chi connectivity index (χ2v) is 4.11. The first-order chi connectivity index (χ1) is 7.50. The van der Waals surface area contributed by atoms with Crippen molar-refractivity contribution in [3.63, 3.8) is 0 Å². The molecule has 1 aromatic rings. The summed E-state index contributed by atoms with van der Waals surface area (Å²) in [5.74, 6) is 0.306. The Bertz CT molecular complexity index is 389. The average Bonchev–Trinajstić information content (AvgIpc) is 2.19. The van der Waals surface area contributed by atoms with Crippen molar-refractivity contribution in [3.05, 3.63) is 23.3 Å². The van der Waals surface area contributed by atoms with Gasteiger partial charge in [0.25, 0.3) is 5.82 Å². The van der Waals surface area contributed by atoms with Crippen molar-refractivity contribution >= 4 is 5.97 Å². The maximum absolute atomic E-state index is 10.4. The first-order valence-corrected chi connectivity index (χ1v) is 5.55. The van der Waals surface area contributed by atoms with Gasteiger partial charge in [-0.05, 0) is 19.8 Å². The Kier molecular flexibility index (Phi) is 4.40. The van der Waals surface area contributed by atoms with E-state index in [-0.39, 0.29) is 6.42 Å². The first kappa shape index (κ1) is 12.6. The van der Waals surface area contributed by atoms with E-state index in [4.69, 9.17) is 5.11 Å². The molecule has 1 N–H and O–H groups in total. The van der Waals surface area contributed by atoms with Gasteiger partial charge in [0.15, 0.2) is 5.69 Å². The summed E-state index contributed by atoms with van der Waals surface area (Å²) < 4.78 is 2.06. The van der Waals surface area contributed by atoms with Crippen LogP contribution in [-0.2, 0) is 18.3 Å². The Morgan fingerprint density at radius 1 is 1.44 bits per heavy atom. The van der Waals surface area contributed by atoms with Gasteiger partial charge in [-0.25, -0.2) is 4.57 Å². The summed E-state index contributed by atoms with van der Waals surface area (Å²) in [5.41, 5.74) is 2.20. The molecule has 0 amide bonds. The van der Waals surface area contributed by atoms with E-state index in [0.29, 0.717) is 6.42 Å². The van der Waals surface area contributed by atoms with Gasteiger partial charge < -0.3 is 5.11 Å². The van der Waals surface area contributed by atoms with Crippen molar-refractivity contribution in [3.8, 4) is 0 Å². The van der Waals surface area contributed by atoms with E-state index in [1.165, 1.54) is 5.69 Å². The van der Waals surface area contributed by atoms with Gasteiger partial charge in [-0.3, -0.25) is 4.79 Å². The van der Waals surface area contributed by atoms with E-state index in [1.54, 1.807) is 0 Å². The highest BCUT2D eigenvalue weighted by Crippen LogP contribution is 2.03. The Balaban J connectivity index is 2.57. The van der Waals surface area contributed by atoms with Crippen LogP contribution in [0.1, 0.15) is 36.5 Å². The molecule has 0 aliphatic carbocycles. The van der Waals surface area contributed by atoms with E-state index in [0.717, 1.165) is 24.4 Å². The summed E-state index contributed by atoms with van der Waals surface area (Å²) in [7, 11) is 1.99. The smallest absolute Gasteiger partial charge is 0.303 e. The molecule has 1 rings (SSSR count). The van der Waals surface area contributed by atoms with Crippen molar-refractivity contribution in [1.29, 1.82) is 0 Å². The molecule has 1 aromatic heterocycles. The van der Waals surface area contributed by atoms with Crippen LogP contribution in [0, 0.1) is 13.8 Å². The van der Waals surface area contributed by atoms with E-state index < -0.39 is 5.97 Å². The molecule has 0 bridgehead atoms. The lowest BCUT2D eigenvalue weighted by molar-refractivity contribution is -0.688. The number of hydrogen-bond acceptors (Lipinski definition) is 2. The number of unbranched alkanes of at least 4 members (excludes halogenated alkanes) is 1. The SMILES string of the molecule is Cc1cc(C)[n+](C)c(CCCCC(=O)O)n1. The molecule has 0 unspecified atom stereocenters. The molecule has 16 heavy (non-hydrogen) atoms. The summed E-state index contributed by atoms with van der Waals surface area (Å²) in [5, 5.41) is 8.53. The third-order valence-corrected chi connectivity index (χ3v) is 2.68. The third-order valence-electron chi connectivity index (χ3n) is 2.68. The highest BCUT2D eigenvalue weighted by molar-refractivity contribution is 5.66. The number of carbonyl (C=O) groups is 1. The van der Waals surface area contributed by atoms with Gasteiger partial charge in [-0.2, -0.15) is 0 Å². The van der Waals surface area contributed by atoms with Gasteiger partial charge in [-0.1, -0.05) is 4.98 Å². The molecular formula is C12H19N2O2+. The van der Waals surface area contributed by atoms with Crippen molar-refractivity contribution in [2.24, 2.45) is 7.05 Å². The van der Waals surface area contributed by atoms with Crippen LogP contribution < -0.4 is 4.57 Å². The number of carboxylic acids is 1. The second-order valence-electron chi connectivity index (χ2n) is 4.11. The number of carboxylic acid groups (broad SMARTS) is 1. The van der Waals surface area contributed by atoms with Crippen LogP contribution in [0.25, 0.3) is 0 Å². The van der Waals surface area contributed by atoms with Crippen molar-refractivity contribution in [1.82, 2.24) is 4.98 Å². The summed E-state index contributed by atoms with van der Waals surface area (Å²) in [4.78, 5) is 14.8. The van der Waals surface area contributed by atoms with Crippen LogP contribution in [0.3, 0.4) is 0 Å². The number of nitrogens with zero attached hydrogens (tertiary/aromatic N) is 2. The normalized spacial score (nSPS) is 10.4. The van der Waals surface area contributed by atoms with Crippen molar-refractivity contribution in [2.45, 2.75) is 39.5 Å². The molecule has 88 valence electrons. The maximum Gasteiger partial charge on any atom is 0.303 e. The van der Waals surface area contributed by atoms with Crippen molar-refractivity contribution < 1.29 is 14.5 Å². The largest absolute Gasteiger partial charge is 0.481 e. The molecule has 4 nitrogen and oxygen atoms in total. The summed E-state index contributed by atoms with van der Waals surface area (Å²) in [6.07, 6.45) is 2.67. The fraction of sp³-hybridized carbons (Fsp3) is 0.583. The minimum atomic E-state index is -0.724. The molecule has 0 radical (unpaired) electrons. The fourth-order valence-electron chi connectivity index (χ4n) is 1.70. The van der Waals surface area contributed by atoms with Crippen LogP contribution in [0.5, 0.6) is 0 Å². The average molecular weight is 223 g/mol. The number of rotatable bonds is 5. The highest BCUT2D eigenvalue weighted by Gasteiger charge is 2.12. The molecule has 0 fully saturated rings. The number of aromatic nitrogens is 2. The Morgan fingerprint density at radius 3 is 2.75 bits per heavy atom. The lowest BCUT2D eigenvalue weighted by Gasteiger charge is -2.02. The van der Waals surface area contributed by atoms with Gasteiger partial charge in [0.2, 0.25) is 0 Å². The zero-order chi connectivity index (χ0) is 12.1. The number of aliphatic carboxylic acids is 1. The first-order valence-electron chi connectivity index (χ1n) is 5.55. The fourth-order valence-corrected chi connectivity index (χ4v) is 1.70. The number of hydrogen-bond donors (Lipinski definition) is 1. The lowest BCUT2D eigenvalue weighted by Crippen LogP contribution is -2.38. The van der Waals surface area contributed by atoms with Crippen LogP contribution in [0.15, 0.2) is 6.07 Å². The maximum atomic E-state index is 10.4. The predicted octanol–water partition coefficient (Wildman–Crippen LogP) is 1.32. The summed E-state index contributed by atoms with van der Waals surface area (Å²) >= 11 is 0. The molecule has 4 heteroatoms. The highest BCUT2D eigenvalue weighted by atomic mass is 16.4. The molecule has 0 saturated heterocycles. The molecule has 0 aromatic carbocycles. The van der Waals surface area contributed by atoms with E-state index in [1.807, 2.05) is 20.0 Å². The topological polar surface area (TPSA) is 54.1 Å². The minimum absolute atomic E-state index is 0.245. The summed E-state index contributed by atoms with van der Waals surface area (Å²) in [6.45, 7) is 4.03. The molecule has 0 aliphatic heterocycles. The van der Waals surface area contributed by atoms with Gasteiger partial charge in [0, 0.05) is 19.4 Å². The molecule has 0 saturated carbocycles. The van der Waals surface area contributed by atoms with Gasteiger partial charge in [0.1, 0.15) is 5.69 Å². The quantitative estimate of drug-likeness (QED) is 0.605. The minimum Gasteiger partial charge on any atom is -0.481 e. The zero-order valence-corrected chi connectivity index (χ0v) is 10.2. The predicted molar refractivity (Wildman–Crippen MR) is 60.1 cm³/mol. The lowest BCUT2D eigenvalue weighted by atomic mass is 10.2. The van der Waals surface area contributed by atoms with Gasteiger partial charge >= 0.3 is 5.97 Å². The molecule has 0 spiro atoms. The Morgan fingerprint density at radius 2 is 2.12 bits per heavy atom. The molecule has 0 atom stereocenters. The van der Waals surface area contributed by atoms with Crippen LogP contribution in [0.4, 0.5) is 0 Å². The van der Waals surface area contributed by atoms with Crippen LogP contribution in [-0.4, -0.2) is 16.1 Å². The monoisotopic (exact) mass is 223 g/mol. The zero-order valence-electron chi connectivity index (χ0n) is 10.2. The van der Waals surface area contributed by atoms with Crippen LogP contribution >= 0.6 is 0 Å². The number of aryl methyl sites for hydroxylation is 3. The van der Waals surface area contributed by atoms with E-state index >= 15 is 0 Å². The molecule has 1 heterocycles. The Labute approximate surface area is 96.0 Å². The van der Waals surface area contributed by atoms with Gasteiger partial charge in [0.05, 0.1) is 13.5 Å². The third kappa shape index (κ3) is 3.61. The standard InChI is InChI=1S/C12H18N2O2/c1-9-8-10(2)14(3)11(13-9)6-4-5-7-12(15)16/h8H,4-7H2,1-3H3/p+1. The van der Waals surface area contributed by atoms with Crippen molar-refractivity contribution in [2.75, 3.05) is 0 Å². The molecule has 0 aliphatic rings. The van der Waals surface area contributed by atoms with Gasteiger partial charge in [-0.15, -0.1) is 0 Å². The van der Waals surface area contributed by atoms with Crippen LogP contribution in [0.2, 0.25) is 0 Å². The Hall–Kier alpha value is -1.45. The summed E-state index contributed by atoms with van der Waals surface area (Å²) in [6, 6.07) is 2.04. The van der Waals surface area contributed by atoms with E-state index in [9.17, 15) is 4.79 Å². The second kappa shape index (κ2) is 5.58. The molecular weight excluding hydrogens is 204 g/mol.